The molecule has 2 unspecified atom stereocenters. The number of benzene rings is 2. The molecule has 0 N–H and O–H groups in total. The monoisotopic (exact) mass is 293 g/mol. The number of hydrogen-bond acceptors (Lipinski definition) is 2. The van der Waals surface area contributed by atoms with Gasteiger partial charge in [-0.1, -0.05) is 60.7 Å². The first-order chi connectivity index (χ1) is 10.8. The van der Waals surface area contributed by atoms with E-state index in [1.165, 1.54) is 5.56 Å². The Morgan fingerprint density at radius 1 is 1.05 bits per heavy atom. The van der Waals surface area contributed by atoms with Gasteiger partial charge in [0.2, 0.25) is 0 Å². The van der Waals surface area contributed by atoms with Crippen LogP contribution in [0.2, 0.25) is 0 Å². The summed E-state index contributed by atoms with van der Waals surface area (Å²) in [5, 5.41) is 0. The van der Waals surface area contributed by atoms with Crippen LogP contribution in [0.5, 0.6) is 0 Å². The van der Waals surface area contributed by atoms with Crippen molar-refractivity contribution < 1.29 is 9.53 Å². The summed E-state index contributed by atoms with van der Waals surface area (Å²) < 4.78 is 6.06. The number of fused-ring (bicyclic) bond motifs is 1. The summed E-state index contributed by atoms with van der Waals surface area (Å²) >= 11 is 0. The molecule has 4 rings (SSSR count). The molecule has 0 aromatic heterocycles. The highest BCUT2D eigenvalue weighted by atomic mass is 16.5. The molecule has 2 aromatic carbocycles. The minimum atomic E-state index is -0.349. The third-order valence-corrected chi connectivity index (χ3v) is 4.88. The van der Waals surface area contributed by atoms with Gasteiger partial charge in [0, 0.05) is 6.54 Å². The standard InChI is InChI=1S/C19H19NO2/c21-18-17(22-14-15-8-3-1-4-9-15)19(12-7-13-20(18)19)16-10-5-2-6-11-16/h1-6,8-11,17H,7,12-14H2. The molecule has 2 heterocycles. The van der Waals surface area contributed by atoms with Gasteiger partial charge in [0.1, 0.15) is 5.54 Å². The fraction of sp³-hybridized carbons (Fsp3) is 0.316. The Bertz CT molecular complexity index is 670. The normalized spacial score (nSPS) is 26.6. The molecule has 3 heteroatoms. The van der Waals surface area contributed by atoms with E-state index in [2.05, 4.69) is 12.1 Å². The number of hydrogen-bond donors (Lipinski definition) is 0. The van der Waals surface area contributed by atoms with Crippen molar-refractivity contribution in [1.82, 2.24) is 4.90 Å². The van der Waals surface area contributed by atoms with Gasteiger partial charge in [-0.05, 0) is 24.0 Å². The van der Waals surface area contributed by atoms with Crippen LogP contribution in [0.1, 0.15) is 24.0 Å². The minimum Gasteiger partial charge on any atom is -0.361 e. The SMILES string of the molecule is O=C1C(OCc2ccccc2)C2(c3ccccc3)CCCN12. The van der Waals surface area contributed by atoms with Gasteiger partial charge in [-0.2, -0.15) is 0 Å². The van der Waals surface area contributed by atoms with Gasteiger partial charge in [0.25, 0.3) is 5.91 Å². The Balaban J connectivity index is 1.60. The van der Waals surface area contributed by atoms with Gasteiger partial charge in [0.15, 0.2) is 6.10 Å². The highest BCUT2D eigenvalue weighted by Crippen LogP contribution is 2.51. The molecule has 3 nitrogen and oxygen atoms in total. The van der Waals surface area contributed by atoms with E-state index < -0.39 is 0 Å². The summed E-state index contributed by atoms with van der Waals surface area (Å²) in [4.78, 5) is 14.4. The molecule has 0 bridgehead atoms. The minimum absolute atomic E-state index is 0.136. The van der Waals surface area contributed by atoms with E-state index in [0.29, 0.717) is 6.61 Å². The largest absolute Gasteiger partial charge is 0.361 e. The van der Waals surface area contributed by atoms with Crippen LogP contribution in [-0.2, 0) is 21.7 Å². The van der Waals surface area contributed by atoms with E-state index in [9.17, 15) is 4.79 Å². The van der Waals surface area contributed by atoms with Gasteiger partial charge in [-0.15, -0.1) is 0 Å². The summed E-state index contributed by atoms with van der Waals surface area (Å²) in [7, 11) is 0. The average Bonchev–Trinajstić information content (AvgIpc) is 2.97. The van der Waals surface area contributed by atoms with Gasteiger partial charge < -0.3 is 9.64 Å². The molecule has 2 atom stereocenters. The Morgan fingerprint density at radius 2 is 1.73 bits per heavy atom. The second-order valence-corrected chi connectivity index (χ2v) is 6.06. The van der Waals surface area contributed by atoms with Crippen molar-refractivity contribution in [2.75, 3.05) is 6.54 Å². The lowest BCUT2D eigenvalue weighted by Crippen LogP contribution is -2.69. The maximum absolute atomic E-state index is 12.4. The first-order valence-electron chi connectivity index (χ1n) is 7.85. The van der Waals surface area contributed by atoms with E-state index in [0.717, 1.165) is 24.9 Å². The quantitative estimate of drug-likeness (QED) is 0.811. The number of carbonyl (C=O) groups excluding carboxylic acids is 1. The Labute approximate surface area is 130 Å². The molecule has 2 aliphatic heterocycles. The van der Waals surface area contributed by atoms with Crippen molar-refractivity contribution in [2.24, 2.45) is 0 Å². The number of β-lactam (4-membered cyclic amide) rings is 1. The number of rotatable bonds is 4. The predicted molar refractivity (Wildman–Crippen MR) is 84.1 cm³/mol. The third kappa shape index (κ3) is 1.89. The van der Waals surface area contributed by atoms with E-state index in [1.807, 2.05) is 53.4 Å². The molecule has 2 fully saturated rings. The van der Waals surface area contributed by atoms with Crippen LogP contribution in [0.4, 0.5) is 0 Å². The second-order valence-electron chi connectivity index (χ2n) is 6.06. The summed E-state index contributed by atoms with van der Waals surface area (Å²) in [6, 6.07) is 20.4. The van der Waals surface area contributed by atoms with Gasteiger partial charge in [0.05, 0.1) is 6.61 Å². The van der Waals surface area contributed by atoms with Crippen LogP contribution < -0.4 is 0 Å². The summed E-state index contributed by atoms with van der Waals surface area (Å²) in [5.74, 6) is 0.136. The first-order valence-corrected chi connectivity index (χ1v) is 7.85. The summed E-state index contributed by atoms with van der Waals surface area (Å²) in [5.41, 5.74) is 2.06. The van der Waals surface area contributed by atoms with Crippen molar-refractivity contribution in [2.45, 2.75) is 31.1 Å². The number of ether oxygens (including phenoxy) is 1. The van der Waals surface area contributed by atoms with Crippen LogP contribution in [0, 0.1) is 0 Å². The van der Waals surface area contributed by atoms with Gasteiger partial charge >= 0.3 is 0 Å². The molecule has 2 saturated heterocycles. The second kappa shape index (κ2) is 5.25. The van der Waals surface area contributed by atoms with Crippen LogP contribution in [0.3, 0.4) is 0 Å². The zero-order chi connectivity index (χ0) is 15.0. The molecule has 1 amide bonds. The highest BCUT2D eigenvalue weighted by molar-refractivity contribution is 5.91. The van der Waals surface area contributed by atoms with E-state index in [1.54, 1.807) is 0 Å². The maximum atomic E-state index is 12.4. The lowest BCUT2D eigenvalue weighted by atomic mass is 9.75. The van der Waals surface area contributed by atoms with Gasteiger partial charge in [-0.25, -0.2) is 0 Å². The fourth-order valence-corrected chi connectivity index (χ4v) is 3.84. The molecule has 112 valence electrons. The van der Waals surface area contributed by atoms with Crippen molar-refractivity contribution in [3.63, 3.8) is 0 Å². The zero-order valence-electron chi connectivity index (χ0n) is 12.4. The molecule has 22 heavy (non-hydrogen) atoms. The molecule has 2 aromatic rings. The summed E-state index contributed by atoms with van der Waals surface area (Å²) in [6.07, 6.45) is 1.69. The highest BCUT2D eigenvalue weighted by Gasteiger charge is 2.63. The van der Waals surface area contributed by atoms with E-state index in [-0.39, 0.29) is 17.6 Å². The van der Waals surface area contributed by atoms with Crippen molar-refractivity contribution in [3.8, 4) is 0 Å². The Hall–Kier alpha value is -2.13. The summed E-state index contributed by atoms with van der Waals surface area (Å²) in [6.45, 7) is 1.33. The van der Waals surface area contributed by atoms with Crippen molar-refractivity contribution >= 4 is 5.91 Å². The molecule has 0 saturated carbocycles. The maximum Gasteiger partial charge on any atom is 0.255 e. The van der Waals surface area contributed by atoms with Crippen LogP contribution >= 0.6 is 0 Å². The molecular formula is C19H19NO2. The van der Waals surface area contributed by atoms with E-state index >= 15 is 0 Å². The third-order valence-electron chi connectivity index (χ3n) is 4.88. The zero-order valence-corrected chi connectivity index (χ0v) is 12.4. The first kappa shape index (κ1) is 13.5. The smallest absolute Gasteiger partial charge is 0.255 e. The molecule has 0 spiro atoms. The van der Waals surface area contributed by atoms with Crippen LogP contribution in [0.25, 0.3) is 0 Å². The number of nitrogens with zero attached hydrogens (tertiary/aromatic N) is 1. The number of amides is 1. The molecular weight excluding hydrogens is 274 g/mol. The predicted octanol–water partition coefficient (Wildman–Crippen LogP) is 3.10. The molecule has 0 radical (unpaired) electrons. The Kier molecular flexibility index (Phi) is 3.23. The molecule has 2 aliphatic rings. The van der Waals surface area contributed by atoms with Crippen molar-refractivity contribution in [1.29, 1.82) is 0 Å². The van der Waals surface area contributed by atoms with Crippen molar-refractivity contribution in [3.05, 3.63) is 71.8 Å². The van der Waals surface area contributed by atoms with Gasteiger partial charge in [-0.3, -0.25) is 4.79 Å². The molecule has 0 aliphatic carbocycles. The Morgan fingerprint density at radius 3 is 2.45 bits per heavy atom. The van der Waals surface area contributed by atoms with E-state index in [4.69, 9.17) is 4.74 Å². The van der Waals surface area contributed by atoms with Crippen LogP contribution in [-0.4, -0.2) is 23.5 Å². The lowest BCUT2D eigenvalue weighted by Gasteiger charge is -2.53. The fourth-order valence-electron chi connectivity index (χ4n) is 3.84. The number of carbonyl (C=O) groups is 1. The topological polar surface area (TPSA) is 29.5 Å². The van der Waals surface area contributed by atoms with Crippen LogP contribution in [0.15, 0.2) is 60.7 Å². The lowest BCUT2D eigenvalue weighted by molar-refractivity contribution is -0.192. The average molecular weight is 293 g/mol.